The Morgan fingerprint density at radius 1 is 1.69 bits per heavy atom. The van der Waals surface area contributed by atoms with Gasteiger partial charge >= 0.3 is 0 Å². The Balaban J connectivity index is 2.61. The third-order valence-electron chi connectivity index (χ3n) is 2.43. The van der Waals surface area contributed by atoms with E-state index in [0.717, 1.165) is 0 Å². The zero-order valence-corrected chi connectivity index (χ0v) is 8.32. The number of nitrogens with two attached hydrogens (primary N) is 1. The molecular formula is C9H18N2O2. The van der Waals surface area contributed by atoms with Gasteiger partial charge in [0.05, 0.1) is 25.8 Å². The minimum atomic E-state index is 0.0296. The van der Waals surface area contributed by atoms with Gasteiger partial charge in [-0.15, -0.1) is 0 Å². The molecule has 1 fully saturated rings. The van der Waals surface area contributed by atoms with E-state index < -0.39 is 0 Å². The van der Waals surface area contributed by atoms with Gasteiger partial charge in [0, 0.05) is 6.54 Å². The Morgan fingerprint density at radius 3 is 2.92 bits per heavy atom. The summed E-state index contributed by atoms with van der Waals surface area (Å²) in [5.74, 6) is 0.456. The van der Waals surface area contributed by atoms with Crippen molar-refractivity contribution < 1.29 is 9.53 Å². The van der Waals surface area contributed by atoms with Crippen LogP contribution in [0.1, 0.15) is 13.8 Å². The first-order valence-corrected chi connectivity index (χ1v) is 4.74. The first kappa shape index (κ1) is 10.5. The van der Waals surface area contributed by atoms with Crippen molar-refractivity contribution in [2.75, 3.05) is 26.3 Å². The fraction of sp³-hybridized carbons (Fsp3) is 0.889. The van der Waals surface area contributed by atoms with Crippen molar-refractivity contribution in [3.8, 4) is 0 Å². The number of carbonyl (C=O) groups is 1. The Hall–Kier alpha value is -0.610. The Labute approximate surface area is 79.0 Å². The molecule has 1 aliphatic rings. The lowest BCUT2D eigenvalue weighted by atomic mass is 10.0. The largest absolute Gasteiger partial charge is 0.377 e. The molecule has 1 aliphatic heterocycles. The van der Waals surface area contributed by atoms with Crippen LogP contribution in [-0.4, -0.2) is 43.2 Å². The second-order valence-corrected chi connectivity index (χ2v) is 3.68. The van der Waals surface area contributed by atoms with Gasteiger partial charge in [0.1, 0.15) is 0 Å². The fourth-order valence-electron chi connectivity index (χ4n) is 1.60. The zero-order chi connectivity index (χ0) is 9.84. The Bertz CT molecular complexity index is 182. The van der Waals surface area contributed by atoms with Crippen LogP contribution in [0.5, 0.6) is 0 Å². The molecule has 1 amide bonds. The topological polar surface area (TPSA) is 55.6 Å². The van der Waals surface area contributed by atoms with Crippen LogP contribution in [0.15, 0.2) is 0 Å². The number of ether oxygens (including phenoxy) is 1. The molecule has 0 aromatic carbocycles. The van der Waals surface area contributed by atoms with Gasteiger partial charge in [-0.3, -0.25) is 4.79 Å². The standard InChI is InChI=1S/C9H18N2O2/c1-7(2)8-6-13-4-3-11(8)9(12)5-10/h7-8H,3-6,10H2,1-2H3. The van der Waals surface area contributed by atoms with E-state index in [1.165, 1.54) is 0 Å². The Morgan fingerprint density at radius 2 is 2.38 bits per heavy atom. The van der Waals surface area contributed by atoms with Crippen LogP contribution in [0.25, 0.3) is 0 Å². The fourth-order valence-corrected chi connectivity index (χ4v) is 1.60. The molecule has 1 atom stereocenters. The van der Waals surface area contributed by atoms with Crippen molar-refractivity contribution in [2.24, 2.45) is 11.7 Å². The van der Waals surface area contributed by atoms with Crippen LogP contribution in [0.4, 0.5) is 0 Å². The highest BCUT2D eigenvalue weighted by Gasteiger charge is 2.28. The predicted molar refractivity (Wildman–Crippen MR) is 50.2 cm³/mol. The predicted octanol–water partition coefficient (Wildman–Crippen LogP) is -0.171. The van der Waals surface area contributed by atoms with Crippen LogP contribution in [0.3, 0.4) is 0 Å². The monoisotopic (exact) mass is 186 g/mol. The maximum absolute atomic E-state index is 11.4. The van der Waals surface area contributed by atoms with Crippen LogP contribution in [0.2, 0.25) is 0 Å². The second-order valence-electron chi connectivity index (χ2n) is 3.68. The van der Waals surface area contributed by atoms with Crippen molar-refractivity contribution in [3.63, 3.8) is 0 Å². The van der Waals surface area contributed by atoms with Crippen molar-refractivity contribution in [3.05, 3.63) is 0 Å². The molecule has 76 valence electrons. The summed E-state index contributed by atoms with van der Waals surface area (Å²) in [5, 5.41) is 0. The number of rotatable bonds is 2. The van der Waals surface area contributed by atoms with Crippen molar-refractivity contribution in [1.29, 1.82) is 0 Å². The maximum atomic E-state index is 11.4. The third-order valence-corrected chi connectivity index (χ3v) is 2.43. The molecule has 1 rings (SSSR count). The van der Waals surface area contributed by atoms with Gasteiger partial charge in [-0.1, -0.05) is 13.8 Å². The van der Waals surface area contributed by atoms with Gasteiger partial charge in [0.2, 0.25) is 5.91 Å². The molecular weight excluding hydrogens is 168 g/mol. The lowest BCUT2D eigenvalue weighted by Gasteiger charge is -2.37. The van der Waals surface area contributed by atoms with E-state index in [-0.39, 0.29) is 18.5 Å². The summed E-state index contributed by atoms with van der Waals surface area (Å²) in [4.78, 5) is 13.3. The molecule has 1 heterocycles. The van der Waals surface area contributed by atoms with E-state index in [0.29, 0.717) is 25.7 Å². The number of hydrogen-bond acceptors (Lipinski definition) is 3. The maximum Gasteiger partial charge on any atom is 0.236 e. The molecule has 0 bridgehead atoms. The zero-order valence-electron chi connectivity index (χ0n) is 8.32. The molecule has 13 heavy (non-hydrogen) atoms. The summed E-state index contributed by atoms with van der Waals surface area (Å²) in [7, 11) is 0. The number of hydrogen-bond donors (Lipinski definition) is 1. The van der Waals surface area contributed by atoms with E-state index in [2.05, 4.69) is 13.8 Å². The van der Waals surface area contributed by atoms with Gasteiger partial charge in [-0.2, -0.15) is 0 Å². The molecule has 4 heteroatoms. The number of amides is 1. The molecule has 0 saturated carbocycles. The van der Waals surface area contributed by atoms with Crippen molar-refractivity contribution in [2.45, 2.75) is 19.9 Å². The van der Waals surface area contributed by atoms with Crippen LogP contribution in [0, 0.1) is 5.92 Å². The van der Waals surface area contributed by atoms with E-state index in [9.17, 15) is 4.79 Å². The molecule has 0 aromatic rings. The van der Waals surface area contributed by atoms with Crippen molar-refractivity contribution >= 4 is 5.91 Å². The number of carbonyl (C=O) groups excluding carboxylic acids is 1. The third kappa shape index (κ3) is 2.42. The smallest absolute Gasteiger partial charge is 0.236 e. The van der Waals surface area contributed by atoms with Gasteiger partial charge < -0.3 is 15.4 Å². The first-order chi connectivity index (χ1) is 6.16. The van der Waals surface area contributed by atoms with E-state index in [1.807, 2.05) is 4.90 Å². The first-order valence-electron chi connectivity index (χ1n) is 4.74. The SMILES string of the molecule is CC(C)C1COCCN1C(=O)CN. The molecule has 2 N–H and O–H groups in total. The Kier molecular flexibility index (Phi) is 3.69. The minimum absolute atomic E-state index is 0.0296. The van der Waals surface area contributed by atoms with Crippen LogP contribution >= 0.6 is 0 Å². The lowest BCUT2D eigenvalue weighted by molar-refractivity contribution is -0.140. The quantitative estimate of drug-likeness (QED) is 0.651. The second kappa shape index (κ2) is 4.58. The average molecular weight is 186 g/mol. The summed E-state index contributed by atoms with van der Waals surface area (Å²) < 4.78 is 5.33. The molecule has 0 aliphatic carbocycles. The number of morpholine rings is 1. The van der Waals surface area contributed by atoms with Crippen molar-refractivity contribution in [1.82, 2.24) is 4.90 Å². The highest BCUT2D eigenvalue weighted by atomic mass is 16.5. The normalized spacial score (nSPS) is 23.7. The average Bonchev–Trinajstić information content (AvgIpc) is 2.16. The summed E-state index contributed by atoms with van der Waals surface area (Å²) in [6.45, 7) is 6.24. The van der Waals surface area contributed by atoms with Gasteiger partial charge in [0.25, 0.3) is 0 Å². The molecule has 0 spiro atoms. The number of nitrogens with zero attached hydrogens (tertiary/aromatic N) is 1. The molecule has 0 radical (unpaired) electrons. The minimum Gasteiger partial charge on any atom is -0.377 e. The highest BCUT2D eigenvalue weighted by Crippen LogP contribution is 2.14. The molecule has 4 nitrogen and oxygen atoms in total. The molecule has 1 saturated heterocycles. The van der Waals surface area contributed by atoms with Gasteiger partial charge in [0.15, 0.2) is 0 Å². The van der Waals surface area contributed by atoms with E-state index in [4.69, 9.17) is 10.5 Å². The summed E-state index contributed by atoms with van der Waals surface area (Å²) in [6, 6.07) is 0.199. The lowest BCUT2D eigenvalue weighted by Crippen LogP contribution is -2.52. The summed E-state index contributed by atoms with van der Waals surface area (Å²) in [5.41, 5.74) is 5.33. The van der Waals surface area contributed by atoms with Crippen LogP contribution < -0.4 is 5.73 Å². The van der Waals surface area contributed by atoms with E-state index in [1.54, 1.807) is 0 Å². The molecule has 0 aromatic heterocycles. The highest BCUT2D eigenvalue weighted by molar-refractivity contribution is 5.78. The van der Waals surface area contributed by atoms with E-state index >= 15 is 0 Å². The van der Waals surface area contributed by atoms with Gasteiger partial charge in [-0.25, -0.2) is 0 Å². The summed E-state index contributed by atoms with van der Waals surface area (Å²) in [6.07, 6.45) is 0. The summed E-state index contributed by atoms with van der Waals surface area (Å²) >= 11 is 0. The van der Waals surface area contributed by atoms with Gasteiger partial charge in [-0.05, 0) is 5.92 Å². The van der Waals surface area contributed by atoms with Crippen LogP contribution in [-0.2, 0) is 9.53 Å². The molecule has 1 unspecified atom stereocenters.